The van der Waals surface area contributed by atoms with Gasteiger partial charge in [-0.05, 0) is 55.9 Å². The lowest BCUT2D eigenvalue weighted by molar-refractivity contribution is 0.0804. The van der Waals surface area contributed by atoms with E-state index in [-0.39, 0.29) is 11.7 Å². The van der Waals surface area contributed by atoms with Gasteiger partial charge < -0.3 is 4.57 Å². The van der Waals surface area contributed by atoms with Crippen molar-refractivity contribution in [3.05, 3.63) is 23.0 Å². The van der Waals surface area contributed by atoms with E-state index in [0.29, 0.717) is 16.9 Å². The molecule has 1 aromatic rings. The van der Waals surface area contributed by atoms with Crippen molar-refractivity contribution in [3.8, 4) is 0 Å². The molecule has 1 heterocycles. The van der Waals surface area contributed by atoms with Gasteiger partial charge in [-0.25, -0.2) is 0 Å². The average Bonchev–Trinajstić information content (AvgIpc) is 2.99. The molecule has 0 radical (unpaired) electrons. The molecule has 3 rings (SSSR count). The minimum atomic E-state index is 0.0436. The highest BCUT2D eigenvalue weighted by molar-refractivity contribution is 6.30. The molecule has 0 saturated heterocycles. The summed E-state index contributed by atoms with van der Waals surface area (Å²) in [6.45, 7) is 11.5. The molecule has 0 amide bonds. The van der Waals surface area contributed by atoms with Crippen molar-refractivity contribution in [3.63, 3.8) is 0 Å². The summed E-state index contributed by atoms with van der Waals surface area (Å²) in [4.78, 5) is 12.1. The number of Topliss-reactive ketones (excluding diaryl/α,β-unsaturated/α-hetero) is 1. The first-order valence-electron chi connectivity index (χ1n) is 8.00. The summed E-state index contributed by atoms with van der Waals surface area (Å²) in [5, 5.41) is 0. The minimum Gasteiger partial charge on any atom is -0.344 e. The van der Waals surface area contributed by atoms with E-state index in [4.69, 9.17) is 11.6 Å². The van der Waals surface area contributed by atoms with Crippen LogP contribution in [0.5, 0.6) is 0 Å². The average molecular weight is 308 g/mol. The smallest absolute Gasteiger partial charge is 0.179 e. The van der Waals surface area contributed by atoms with Crippen molar-refractivity contribution in [2.24, 2.45) is 16.7 Å². The molecular weight excluding hydrogens is 282 g/mol. The topological polar surface area (TPSA) is 22.0 Å². The van der Waals surface area contributed by atoms with Gasteiger partial charge >= 0.3 is 0 Å². The highest BCUT2D eigenvalue weighted by atomic mass is 35.5. The Morgan fingerprint density at radius 2 is 2.05 bits per heavy atom. The zero-order chi connectivity index (χ0) is 15.6. The Hall–Kier alpha value is -0.760. The predicted octanol–water partition coefficient (Wildman–Crippen LogP) is 4.91. The highest BCUT2D eigenvalue weighted by Gasteiger charge is 2.60. The number of aromatic nitrogens is 1. The third-order valence-corrected chi connectivity index (χ3v) is 6.60. The Labute approximate surface area is 132 Å². The van der Waals surface area contributed by atoms with E-state index in [1.165, 1.54) is 25.0 Å². The van der Waals surface area contributed by atoms with Crippen LogP contribution in [0.15, 0.2) is 6.07 Å². The number of alkyl halides is 1. The van der Waals surface area contributed by atoms with Crippen LogP contribution in [-0.2, 0) is 0 Å². The first kappa shape index (κ1) is 15.1. The van der Waals surface area contributed by atoms with Gasteiger partial charge in [0.25, 0.3) is 0 Å². The Morgan fingerprint density at radius 1 is 1.38 bits per heavy atom. The molecule has 3 heteroatoms. The fraction of sp³-hybridized carbons (Fsp3) is 0.722. The van der Waals surface area contributed by atoms with Gasteiger partial charge in [-0.1, -0.05) is 20.8 Å². The van der Waals surface area contributed by atoms with E-state index >= 15 is 0 Å². The predicted molar refractivity (Wildman–Crippen MR) is 87.2 cm³/mol. The van der Waals surface area contributed by atoms with Gasteiger partial charge in [-0.15, -0.1) is 11.6 Å². The molecule has 3 atom stereocenters. The normalized spacial score (nSPS) is 33.6. The first-order valence-corrected chi connectivity index (χ1v) is 8.53. The maximum Gasteiger partial charge on any atom is 0.179 e. The van der Waals surface area contributed by atoms with Crippen LogP contribution in [0, 0.1) is 30.6 Å². The van der Waals surface area contributed by atoms with E-state index in [1.54, 1.807) is 0 Å². The van der Waals surface area contributed by atoms with E-state index in [0.717, 1.165) is 17.2 Å². The molecule has 0 N–H and O–H groups in total. The molecule has 0 aliphatic heterocycles. The number of carbonyl (C=O) groups is 1. The number of carbonyl (C=O) groups excluding carboxylic acids is 1. The zero-order valence-corrected chi connectivity index (χ0v) is 14.5. The van der Waals surface area contributed by atoms with Crippen molar-refractivity contribution < 1.29 is 4.79 Å². The lowest BCUT2D eigenvalue weighted by Crippen LogP contribution is -2.38. The standard InChI is InChI=1S/C18H26ClNO/c1-11-8-14(15(21)10-19)12(2)20(11)16-17(3,4)13-6-7-18(16,5)9-13/h8,13,16H,6-7,9-10H2,1-5H3. The second-order valence-electron chi connectivity index (χ2n) is 8.03. The molecule has 2 aliphatic carbocycles. The highest BCUT2D eigenvalue weighted by Crippen LogP contribution is 2.68. The maximum atomic E-state index is 12.1. The number of rotatable bonds is 3. The van der Waals surface area contributed by atoms with Crippen LogP contribution < -0.4 is 0 Å². The van der Waals surface area contributed by atoms with Crippen LogP contribution in [-0.4, -0.2) is 16.2 Å². The third kappa shape index (κ3) is 1.94. The molecule has 2 saturated carbocycles. The zero-order valence-electron chi connectivity index (χ0n) is 13.8. The van der Waals surface area contributed by atoms with Crippen molar-refractivity contribution >= 4 is 17.4 Å². The number of halogens is 1. The van der Waals surface area contributed by atoms with E-state index in [9.17, 15) is 4.79 Å². The van der Waals surface area contributed by atoms with Gasteiger partial charge in [0, 0.05) is 23.0 Å². The van der Waals surface area contributed by atoms with Gasteiger partial charge in [-0.2, -0.15) is 0 Å². The van der Waals surface area contributed by atoms with Crippen LogP contribution in [0.1, 0.15) is 67.8 Å². The summed E-state index contributed by atoms with van der Waals surface area (Å²) >= 11 is 5.77. The molecular formula is C18H26ClNO. The number of nitrogens with zero attached hydrogens (tertiary/aromatic N) is 1. The summed E-state index contributed by atoms with van der Waals surface area (Å²) in [6.07, 6.45) is 3.98. The van der Waals surface area contributed by atoms with Crippen LogP contribution in [0.2, 0.25) is 0 Å². The number of fused-ring (bicyclic) bond motifs is 2. The summed E-state index contributed by atoms with van der Waals surface area (Å²) < 4.78 is 2.44. The van der Waals surface area contributed by atoms with Crippen molar-refractivity contribution in [1.29, 1.82) is 0 Å². The van der Waals surface area contributed by atoms with Crippen molar-refractivity contribution in [1.82, 2.24) is 4.57 Å². The summed E-state index contributed by atoms with van der Waals surface area (Å²) in [6, 6.07) is 2.52. The van der Waals surface area contributed by atoms with Gasteiger partial charge in [-0.3, -0.25) is 4.79 Å². The molecule has 0 aromatic carbocycles. The van der Waals surface area contributed by atoms with Crippen molar-refractivity contribution in [2.75, 3.05) is 5.88 Å². The monoisotopic (exact) mass is 307 g/mol. The Kier molecular flexibility index (Phi) is 3.33. The largest absolute Gasteiger partial charge is 0.344 e. The minimum absolute atomic E-state index is 0.0436. The molecule has 2 bridgehead atoms. The molecule has 2 nitrogen and oxygen atoms in total. The SMILES string of the molecule is Cc1cc(C(=O)CCl)c(C)n1C1C2(C)CCC(C2)C1(C)C. The molecule has 116 valence electrons. The number of aryl methyl sites for hydroxylation is 1. The molecule has 0 spiro atoms. The fourth-order valence-corrected chi connectivity index (χ4v) is 5.59. The second kappa shape index (κ2) is 4.62. The van der Waals surface area contributed by atoms with Gasteiger partial charge in [0.05, 0.1) is 5.88 Å². The summed E-state index contributed by atoms with van der Waals surface area (Å²) in [7, 11) is 0. The Balaban J connectivity index is 2.13. The van der Waals surface area contributed by atoms with Gasteiger partial charge in [0.1, 0.15) is 0 Å². The molecule has 21 heavy (non-hydrogen) atoms. The van der Waals surface area contributed by atoms with E-state index < -0.39 is 0 Å². The van der Waals surface area contributed by atoms with Crippen LogP contribution in [0.3, 0.4) is 0 Å². The molecule has 3 unspecified atom stereocenters. The fourth-order valence-electron chi connectivity index (χ4n) is 5.45. The number of hydrogen-bond donors (Lipinski definition) is 0. The third-order valence-electron chi connectivity index (χ3n) is 6.36. The van der Waals surface area contributed by atoms with Crippen LogP contribution in [0.4, 0.5) is 0 Å². The van der Waals surface area contributed by atoms with Gasteiger partial charge in [0.2, 0.25) is 0 Å². The lowest BCUT2D eigenvalue weighted by Gasteiger charge is -2.45. The first-order chi connectivity index (χ1) is 9.72. The second-order valence-corrected chi connectivity index (χ2v) is 8.30. The van der Waals surface area contributed by atoms with E-state index in [2.05, 4.69) is 39.2 Å². The van der Waals surface area contributed by atoms with Gasteiger partial charge in [0.15, 0.2) is 5.78 Å². The summed E-state index contributed by atoms with van der Waals surface area (Å²) in [5.41, 5.74) is 3.77. The van der Waals surface area contributed by atoms with Crippen LogP contribution in [0.25, 0.3) is 0 Å². The molecule has 1 aromatic heterocycles. The Bertz CT molecular complexity index is 596. The number of hydrogen-bond acceptors (Lipinski definition) is 1. The number of ketones is 1. The van der Waals surface area contributed by atoms with Crippen molar-refractivity contribution in [2.45, 2.75) is 59.9 Å². The quantitative estimate of drug-likeness (QED) is 0.574. The maximum absolute atomic E-state index is 12.1. The van der Waals surface area contributed by atoms with Crippen LogP contribution >= 0.6 is 11.6 Å². The lowest BCUT2D eigenvalue weighted by atomic mass is 9.68. The molecule has 2 fully saturated rings. The molecule has 2 aliphatic rings. The summed E-state index contributed by atoms with van der Waals surface area (Å²) in [5.74, 6) is 0.918. The van der Waals surface area contributed by atoms with E-state index in [1.807, 2.05) is 6.07 Å². The Morgan fingerprint density at radius 3 is 2.57 bits per heavy atom.